The monoisotopic (exact) mass is 401 g/mol. The molecule has 5 rings (SSSR count). The zero-order valence-electron chi connectivity index (χ0n) is 16.8. The second-order valence-electron chi connectivity index (χ2n) is 7.72. The Morgan fingerprint density at radius 1 is 1.07 bits per heavy atom. The maximum absolute atomic E-state index is 13.6. The van der Waals surface area contributed by atoms with Gasteiger partial charge in [-0.05, 0) is 23.6 Å². The zero-order chi connectivity index (χ0) is 20.7. The summed E-state index contributed by atoms with van der Waals surface area (Å²) >= 11 is 0. The Morgan fingerprint density at radius 2 is 1.83 bits per heavy atom. The van der Waals surface area contributed by atoms with Crippen LogP contribution in [0.3, 0.4) is 0 Å². The van der Waals surface area contributed by atoms with Gasteiger partial charge in [-0.2, -0.15) is 0 Å². The number of likely N-dealkylation sites (tertiary alicyclic amines) is 1. The van der Waals surface area contributed by atoms with E-state index < -0.39 is 0 Å². The average molecular weight is 401 g/mol. The second kappa shape index (κ2) is 7.46. The lowest BCUT2D eigenvalue weighted by Crippen LogP contribution is -2.38. The van der Waals surface area contributed by atoms with Gasteiger partial charge in [-0.1, -0.05) is 54.6 Å². The molecular weight excluding hydrogens is 378 g/mol. The molecule has 1 N–H and O–H groups in total. The van der Waals surface area contributed by atoms with Crippen molar-refractivity contribution in [1.82, 2.24) is 9.58 Å². The van der Waals surface area contributed by atoms with Crippen LogP contribution in [-0.4, -0.2) is 41.8 Å². The summed E-state index contributed by atoms with van der Waals surface area (Å²) in [5.41, 5.74) is 7.51. The minimum absolute atomic E-state index is 0.0511. The molecule has 3 heterocycles. The Bertz CT molecular complexity index is 1170. The molecule has 1 fully saturated rings. The van der Waals surface area contributed by atoms with E-state index in [0.717, 1.165) is 23.1 Å². The molecule has 1 atom stereocenters. The molecule has 0 spiro atoms. The van der Waals surface area contributed by atoms with Crippen LogP contribution in [0.4, 0.5) is 0 Å². The summed E-state index contributed by atoms with van der Waals surface area (Å²) in [6.07, 6.45) is 0.868. The van der Waals surface area contributed by atoms with Crippen LogP contribution >= 0.6 is 0 Å². The van der Waals surface area contributed by atoms with Crippen LogP contribution in [-0.2, 0) is 11.3 Å². The van der Waals surface area contributed by atoms with Crippen LogP contribution in [0.2, 0.25) is 0 Å². The van der Waals surface area contributed by atoms with Gasteiger partial charge in [0, 0.05) is 31.3 Å². The highest BCUT2D eigenvalue weighted by atomic mass is 16.5. The smallest absolute Gasteiger partial charge is 0.277 e. The van der Waals surface area contributed by atoms with Crippen molar-refractivity contribution >= 4 is 5.91 Å². The van der Waals surface area contributed by atoms with Gasteiger partial charge in [-0.3, -0.25) is 9.59 Å². The molecule has 1 amide bonds. The fraction of sp³-hybridized carbons (Fsp3) is 0.250. The number of amides is 1. The number of methoxy groups -OCH3 is 1. The van der Waals surface area contributed by atoms with Gasteiger partial charge in [0.1, 0.15) is 0 Å². The lowest BCUT2D eigenvalue weighted by Gasteiger charge is -2.27. The van der Waals surface area contributed by atoms with Crippen molar-refractivity contribution in [3.05, 3.63) is 82.1 Å². The summed E-state index contributed by atoms with van der Waals surface area (Å²) in [6, 6.07) is 19.2. The Balaban J connectivity index is 1.72. The largest absolute Gasteiger partial charge is 0.380 e. The van der Waals surface area contributed by atoms with E-state index in [-0.39, 0.29) is 17.6 Å². The lowest BCUT2D eigenvalue weighted by molar-refractivity contribution is 0.0724. The van der Waals surface area contributed by atoms with Crippen molar-refractivity contribution < 1.29 is 9.53 Å². The second-order valence-corrected chi connectivity index (χ2v) is 7.72. The molecule has 2 aliphatic heterocycles. The van der Waals surface area contributed by atoms with Gasteiger partial charge in [0.15, 0.2) is 0 Å². The van der Waals surface area contributed by atoms with Crippen molar-refractivity contribution in [1.29, 1.82) is 0 Å². The SMILES string of the molecule is COC1CCN(C(=O)c2cc(-c3ccccc3)c(=O)n3c2-c2ccccc2CN3)C1. The van der Waals surface area contributed by atoms with E-state index in [1.54, 1.807) is 17.9 Å². The molecule has 2 aliphatic rings. The summed E-state index contributed by atoms with van der Waals surface area (Å²) < 4.78 is 6.99. The van der Waals surface area contributed by atoms with E-state index in [4.69, 9.17) is 4.74 Å². The number of nitrogens with zero attached hydrogens (tertiary/aromatic N) is 2. The third kappa shape index (κ3) is 3.00. The van der Waals surface area contributed by atoms with Gasteiger partial charge < -0.3 is 15.1 Å². The first-order valence-corrected chi connectivity index (χ1v) is 10.2. The van der Waals surface area contributed by atoms with Crippen LogP contribution < -0.4 is 11.0 Å². The van der Waals surface area contributed by atoms with Gasteiger partial charge in [0.2, 0.25) is 0 Å². The summed E-state index contributed by atoms with van der Waals surface area (Å²) in [5, 5.41) is 0. The lowest BCUT2D eigenvalue weighted by atomic mass is 9.95. The minimum Gasteiger partial charge on any atom is -0.380 e. The van der Waals surface area contributed by atoms with Gasteiger partial charge in [-0.15, -0.1) is 0 Å². The molecular formula is C24H23N3O3. The van der Waals surface area contributed by atoms with Crippen molar-refractivity contribution in [2.24, 2.45) is 0 Å². The standard InChI is InChI=1S/C24H23N3O3/c1-30-18-11-12-26(15-18)23(28)21-13-20(16-7-3-2-4-8-16)24(29)27-22(21)19-10-6-5-9-17(19)14-25-27/h2-10,13,18,25H,11-12,14-15H2,1H3. The van der Waals surface area contributed by atoms with E-state index in [1.165, 1.54) is 0 Å². The number of benzene rings is 2. The third-order valence-electron chi connectivity index (χ3n) is 5.98. The van der Waals surface area contributed by atoms with Crippen LogP contribution in [0.25, 0.3) is 22.4 Å². The van der Waals surface area contributed by atoms with Gasteiger partial charge in [0.25, 0.3) is 11.5 Å². The Hall–Kier alpha value is -3.38. The number of aromatic nitrogens is 1. The molecule has 1 unspecified atom stereocenters. The van der Waals surface area contributed by atoms with Gasteiger partial charge >= 0.3 is 0 Å². The Morgan fingerprint density at radius 3 is 2.60 bits per heavy atom. The van der Waals surface area contributed by atoms with Crippen molar-refractivity contribution in [3.63, 3.8) is 0 Å². The number of nitrogens with one attached hydrogen (secondary N) is 1. The highest BCUT2D eigenvalue weighted by Crippen LogP contribution is 2.32. The molecule has 152 valence electrons. The average Bonchev–Trinajstić information content (AvgIpc) is 3.29. The van der Waals surface area contributed by atoms with E-state index in [0.29, 0.717) is 36.5 Å². The fourth-order valence-electron chi connectivity index (χ4n) is 4.37. The van der Waals surface area contributed by atoms with E-state index in [1.807, 2.05) is 59.5 Å². The quantitative estimate of drug-likeness (QED) is 0.733. The first kappa shape index (κ1) is 18.6. The first-order chi connectivity index (χ1) is 14.7. The molecule has 0 radical (unpaired) electrons. The minimum atomic E-state index is -0.154. The first-order valence-electron chi connectivity index (χ1n) is 10.2. The number of fused-ring (bicyclic) bond motifs is 3. The highest BCUT2D eigenvalue weighted by Gasteiger charge is 2.32. The number of carbonyl (C=O) groups excluding carboxylic acids is 1. The van der Waals surface area contributed by atoms with Gasteiger partial charge in [0.05, 0.1) is 23.9 Å². The van der Waals surface area contributed by atoms with E-state index >= 15 is 0 Å². The van der Waals surface area contributed by atoms with Crippen LogP contribution in [0, 0.1) is 0 Å². The predicted octanol–water partition coefficient (Wildman–Crippen LogP) is 3.10. The predicted molar refractivity (Wildman–Crippen MR) is 116 cm³/mol. The molecule has 0 aliphatic carbocycles. The fourth-order valence-corrected chi connectivity index (χ4v) is 4.37. The summed E-state index contributed by atoms with van der Waals surface area (Å²) in [6.45, 7) is 1.74. The number of carbonyl (C=O) groups is 1. The molecule has 1 saturated heterocycles. The van der Waals surface area contributed by atoms with Crippen LogP contribution in [0.1, 0.15) is 22.3 Å². The molecule has 2 aromatic carbocycles. The molecule has 1 aromatic heterocycles. The number of ether oxygens (including phenoxy) is 1. The van der Waals surface area contributed by atoms with E-state index in [9.17, 15) is 9.59 Å². The summed E-state index contributed by atoms with van der Waals surface area (Å²) in [4.78, 5) is 28.8. The maximum Gasteiger partial charge on any atom is 0.277 e. The topological polar surface area (TPSA) is 63.6 Å². The molecule has 6 nitrogen and oxygen atoms in total. The molecule has 6 heteroatoms. The normalized spacial score (nSPS) is 17.2. The van der Waals surface area contributed by atoms with Crippen molar-refractivity contribution in [2.75, 3.05) is 25.6 Å². The number of rotatable bonds is 3. The zero-order valence-corrected chi connectivity index (χ0v) is 16.8. The number of hydrogen-bond donors (Lipinski definition) is 1. The third-order valence-corrected chi connectivity index (χ3v) is 5.98. The summed E-state index contributed by atoms with van der Waals surface area (Å²) in [7, 11) is 1.68. The van der Waals surface area contributed by atoms with Crippen LogP contribution in [0.5, 0.6) is 0 Å². The molecule has 0 bridgehead atoms. The van der Waals surface area contributed by atoms with Gasteiger partial charge in [-0.25, -0.2) is 4.68 Å². The number of hydrogen-bond acceptors (Lipinski definition) is 4. The summed E-state index contributed by atoms with van der Waals surface area (Å²) in [5.74, 6) is -0.0750. The molecule has 30 heavy (non-hydrogen) atoms. The van der Waals surface area contributed by atoms with Crippen LogP contribution in [0.15, 0.2) is 65.5 Å². The van der Waals surface area contributed by atoms with E-state index in [2.05, 4.69) is 5.43 Å². The van der Waals surface area contributed by atoms with Crippen molar-refractivity contribution in [2.45, 2.75) is 19.1 Å². The Kier molecular flexibility index (Phi) is 4.64. The van der Waals surface area contributed by atoms with Crippen molar-refractivity contribution in [3.8, 4) is 22.4 Å². The molecule has 0 saturated carbocycles. The molecule has 3 aromatic rings. The number of pyridine rings is 1. The highest BCUT2D eigenvalue weighted by molar-refractivity contribution is 6.02. The maximum atomic E-state index is 13.6. The Labute approximate surface area is 174 Å².